The summed E-state index contributed by atoms with van der Waals surface area (Å²) >= 11 is 0. The predicted molar refractivity (Wildman–Crippen MR) is 74.0 cm³/mol. The fourth-order valence-electron chi connectivity index (χ4n) is 1.40. The molecule has 2 unspecified atom stereocenters. The molecule has 1 aromatic carbocycles. The maximum Gasteiger partial charge on any atom is 0.238 e. The van der Waals surface area contributed by atoms with Gasteiger partial charge in [0.2, 0.25) is 15.9 Å². The minimum absolute atomic E-state index is 0.0400. The van der Waals surface area contributed by atoms with Gasteiger partial charge in [-0.2, -0.15) is 0 Å². The smallest absolute Gasteiger partial charge is 0.238 e. The minimum Gasteiger partial charge on any atom is -0.327 e. The molecule has 7 heteroatoms. The van der Waals surface area contributed by atoms with Crippen molar-refractivity contribution in [2.75, 3.05) is 5.32 Å². The van der Waals surface area contributed by atoms with Gasteiger partial charge in [0.05, 0.1) is 10.8 Å². The summed E-state index contributed by atoms with van der Waals surface area (Å²) in [6.07, 6.45) is 0. The molecule has 5 N–H and O–H groups in total. The molecular formula is C12H19N3O3S. The average molecular weight is 285 g/mol. The zero-order valence-corrected chi connectivity index (χ0v) is 12.0. The lowest BCUT2D eigenvalue weighted by molar-refractivity contribution is -0.119. The molecule has 0 aliphatic carbocycles. The van der Waals surface area contributed by atoms with Crippen LogP contribution in [-0.2, 0) is 14.8 Å². The second-order valence-corrected chi connectivity index (χ2v) is 6.22. The molecule has 2 atom stereocenters. The summed E-state index contributed by atoms with van der Waals surface area (Å²) in [7, 11) is -3.79. The molecule has 106 valence electrons. The molecule has 0 bridgehead atoms. The molecule has 19 heavy (non-hydrogen) atoms. The van der Waals surface area contributed by atoms with Gasteiger partial charge in [-0.3, -0.25) is 4.79 Å². The van der Waals surface area contributed by atoms with E-state index in [4.69, 9.17) is 10.9 Å². The zero-order valence-electron chi connectivity index (χ0n) is 11.2. The first kappa shape index (κ1) is 15.6. The van der Waals surface area contributed by atoms with Crippen molar-refractivity contribution in [1.82, 2.24) is 0 Å². The first-order valence-corrected chi connectivity index (χ1v) is 7.37. The number of sulfonamides is 1. The molecule has 0 fully saturated rings. The third-order valence-corrected chi connectivity index (χ3v) is 3.91. The molecule has 6 nitrogen and oxygen atoms in total. The molecule has 0 saturated carbocycles. The van der Waals surface area contributed by atoms with Gasteiger partial charge < -0.3 is 11.1 Å². The zero-order chi connectivity index (χ0) is 14.8. The predicted octanol–water partition coefficient (Wildman–Crippen LogP) is 0.564. The van der Waals surface area contributed by atoms with Gasteiger partial charge in [-0.05, 0) is 31.5 Å². The van der Waals surface area contributed by atoms with Crippen molar-refractivity contribution in [3.05, 3.63) is 23.8 Å². The average Bonchev–Trinajstić information content (AvgIpc) is 2.29. The first-order valence-electron chi connectivity index (χ1n) is 5.83. The molecule has 0 aliphatic rings. The number of primary sulfonamides is 1. The second kappa shape index (κ2) is 5.68. The Balaban J connectivity index is 3.05. The number of rotatable bonds is 4. The van der Waals surface area contributed by atoms with Crippen molar-refractivity contribution in [2.24, 2.45) is 16.8 Å². The Bertz CT molecular complexity index is 582. The Kier molecular flexibility index (Phi) is 4.67. The Morgan fingerprint density at radius 1 is 1.32 bits per heavy atom. The third kappa shape index (κ3) is 4.02. The van der Waals surface area contributed by atoms with E-state index < -0.39 is 10.0 Å². The van der Waals surface area contributed by atoms with Gasteiger partial charge in [0.25, 0.3) is 0 Å². The van der Waals surface area contributed by atoms with Gasteiger partial charge in [-0.1, -0.05) is 13.0 Å². The van der Waals surface area contributed by atoms with E-state index in [1.807, 2.05) is 0 Å². The SMILES string of the molecule is Cc1ccc(S(N)(=O)=O)cc1NC(=O)C(C)C(C)N. The van der Waals surface area contributed by atoms with E-state index in [-0.39, 0.29) is 22.8 Å². The molecule has 1 amide bonds. The van der Waals surface area contributed by atoms with Crippen LogP contribution >= 0.6 is 0 Å². The maximum absolute atomic E-state index is 11.9. The minimum atomic E-state index is -3.79. The van der Waals surface area contributed by atoms with Crippen molar-refractivity contribution >= 4 is 21.6 Å². The van der Waals surface area contributed by atoms with E-state index in [0.717, 1.165) is 5.56 Å². The van der Waals surface area contributed by atoms with Crippen LogP contribution in [-0.4, -0.2) is 20.4 Å². The molecule has 0 aromatic heterocycles. The Hall–Kier alpha value is -1.44. The molecule has 0 saturated heterocycles. The molecule has 0 aliphatic heterocycles. The lowest BCUT2D eigenvalue weighted by Crippen LogP contribution is -2.34. The summed E-state index contributed by atoms with van der Waals surface area (Å²) in [6.45, 7) is 5.20. The number of hydrogen-bond donors (Lipinski definition) is 3. The lowest BCUT2D eigenvalue weighted by Gasteiger charge is -2.16. The van der Waals surface area contributed by atoms with Crippen LogP contribution in [0.15, 0.2) is 23.1 Å². The van der Waals surface area contributed by atoms with Crippen LogP contribution in [0.5, 0.6) is 0 Å². The number of aryl methyl sites for hydroxylation is 1. The van der Waals surface area contributed by atoms with Crippen LogP contribution in [0.4, 0.5) is 5.69 Å². The van der Waals surface area contributed by atoms with E-state index in [1.165, 1.54) is 12.1 Å². The highest BCUT2D eigenvalue weighted by Gasteiger charge is 2.18. The number of carbonyl (C=O) groups excluding carboxylic acids is 1. The highest BCUT2D eigenvalue weighted by atomic mass is 32.2. The Labute approximate surface area is 113 Å². The summed E-state index contributed by atoms with van der Waals surface area (Å²) in [5.41, 5.74) is 6.82. The maximum atomic E-state index is 11.9. The largest absolute Gasteiger partial charge is 0.327 e. The van der Waals surface area contributed by atoms with Crippen molar-refractivity contribution < 1.29 is 13.2 Å². The fraction of sp³-hybridized carbons (Fsp3) is 0.417. The standard InChI is InChI=1S/C12H19N3O3S/c1-7-4-5-10(19(14,17)18)6-11(7)15-12(16)8(2)9(3)13/h4-6,8-9H,13H2,1-3H3,(H,15,16)(H2,14,17,18). The third-order valence-electron chi connectivity index (χ3n) is 3.00. The van der Waals surface area contributed by atoms with Crippen LogP contribution in [0.2, 0.25) is 0 Å². The first-order chi connectivity index (χ1) is 8.62. The summed E-state index contributed by atoms with van der Waals surface area (Å²) in [5.74, 6) is -0.637. The van der Waals surface area contributed by atoms with E-state index in [2.05, 4.69) is 5.32 Å². The molecule has 0 radical (unpaired) electrons. The Morgan fingerprint density at radius 3 is 2.37 bits per heavy atom. The van der Waals surface area contributed by atoms with E-state index >= 15 is 0 Å². The molecular weight excluding hydrogens is 266 g/mol. The number of nitrogens with one attached hydrogen (secondary N) is 1. The van der Waals surface area contributed by atoms with Crippen molar-refractivity contribution in [2.45, 2.75) is 31.7 Å². The molecule has 1 aromatic rings. The molecule has 0 heterocycles. The number of benzene rings is 1. The van der Waals surface area contributed by atoms with Crippen molar-refractivity contribution in [3.63, 3.8) is 0 Å². The van der Waals surface area contributed by atoms with Gasteiger partial charge in [-0.25, -0.2) is 13.6 Å². The highest BCUT2D eigenvalue weighted by Crippen LogP contribution is 2.20. The molecule has 0 spiro atoms. The van der Waals surface area contributed by atoms with Crippen LogP contribution < -0.4 is 16.2 Å². The number of carbonyl (C=O) groups is 1. The van der Waals surface area contributed by atoms with Crippen molar-refractivity contribution in [3.8, 4) is 0 Å². The number of nitrogens with two attached hydrogens (primary N) is 2. The monoisotopic (exact) mass is 285 g/mol. The van der Waals surface area contributed by atoms with Crippen LogP contribution in [0.1, 0.15) is 19.4 Å². The summed E-state index contributed by atoms with van der Waals surface area (Å²) in [4.78, 5) is 11.9. The topological polar surface area (TPSA) is 115 Å². The van der Waals surface area contributed by atoms with Gasteiger partial charge in [0, 0.05) is 11.7 Å². The van der Waals surface area contributed by atoms with Gasteiger partial charge in [0.1, 0.15) is 0 Å². The van der Waals surface area contributed by atoms with Crippen LogP contribution in [0.25, 0.3) is 0 Å². The Morgan fingerprint density at radius 2 is 1.89 bits per heavy atom. The quantitative estimate of drug-likeness (QED) is 0.749. The normalized spacial score (nSPS) is 14.8. The van der Waals surface area contributed by atoms with Crippen molar-refractivity contribution in [1.29, 1.82) is 0 Å². The summed E-state index contributed by atoms with van der Waals surface area (Å²) in [5, 5.41) is 7.72. The summed E-state index contributed by atoms with van der Waals surface area (Å²) in [6, 6.07) is 4.04. The number of amides is 1. The second-order valence-electron chi connectivity index (χ2n) is 4.66. The molecule has 1 rings (SSSR count). The number of hydrogen-bond acceptors (Lipinski definition) is 4. The number of anilines is 1. The van der Waals surface area contributed by atoms with E-state index in [1.54, 1.807) is 26.8 Å². The van der Waals surface area contributed by atoms with Crippen LogP contribution in [0.3, 0.4) is 0 Å². The van der Waals surface area contributed by atoms with Gasteiger partial charge >= 0.3 is 0 Å². The van der Waals surface area contributed by atoms with Crippen LogP contribution in [0, 0.1) is 12.8 Å². The van der Waals surface area contributed by atoms with E-state index in [9.17, 15) is 13.2 Å². The lowest BCUT2D eigenvalue weighted by atomic mass is 10.0. The van der Waals surface area contributed by atoms with E-state index in [0.29, 0.717) is 5.69 Å². The highest BCUT2D eigenvalue weighted by molar-refractivity contribution is 7.89. The van der Waals surface area contributed by atoms with Gasteiger partial charge in [-0.15, -0.1) is 0 Å². The fourth-order valence-corrected chi connectivity index (χ4v) is 1.94. The summed E-state index contributed by atoms with van der Waals surface area (Å²) < 4.78 is 22.5. The van der Waals surface area contributed by atoms with Gasteiger partial charge in [0.15, 0.2) is 0 Å².